The van der Waals surface area contributed by atoms with Crippen molar-refractivity contribution in [1.82, 2.24) is 29.1 Å². The molecule has 146 valence electrons. The number of aryl methyl sites for hydroxylation is 1. The highest BCUT2D eigenvalue weighted by atomic mass is 16.1. The van der Waals surface area contributed by atoms with Crippen LogP contribution in [0.3, 0.4) is 0 Å². The normalized spacial score (nSPS) is 11.6. The van der Waals surface area contributed by atoms with Crippen LogP contribution >= 0.6 is 0 Å². The van der Waals surface area contributed by atoms with Crippen LogP contribution in [-0.4, -0.2) is 29.1 Å². The SMILES string of the molecule is CCCCCCCCn1cnc2c3nc(=O)n(CCCCC)c-3ncnc21. The van der Waals surface area contributed by atoms with Gasteiger partial charge >= 0.3 is 5.69 Å². The summed E-state index contributed by atoms with van der Waals surface area (Å²) in [6, 6.07) is 0. The van der Waals surface area contributed by atoms with Gasteiger partial charge in [0.1, 0.15) is 17.5 Å². The van der Waals surface area contributed by atoms with Crippen molar-refractivity contribution in [3.05, 3.63) is 23.1 Å². The van der Waals surface area contributed by atoms with Crippen molar-refractivity contribution in [2.24, 2.45) is 0 Å². The smallest absolute Gasteiger partial charge is 0.315 e. The van der Waals surface area contributed by atoms with Crippen LogP contribution in [0.5, 0.6) is 0 Å². The Balaban J connectivity index is 1.78. The summed E-state index contributed by atoms with van der Waals surface area (Å²) >= 11 is 0. The molecule has 1 aromatic rings. The van der Waals surface area contributed by atoms with Crippen molar-refractivity contribution in [3.63, 3.8) is 0 Å². The van der Waals surface area contributed by atoms with E-state index >= 15 is 0 Å². The molecule has 27 heavy (non-hydrogen) atoms. The molecule has 0 spiro atoms. The molecule has 0 aromatic carbocycles. The van der Waals surface area contributed by atoms with Crippen molar-refractivity contribution >= 4 is 11.2 Å². The zero-order chi connectivity index (χ0) is 19.1. The van der Waals surface area contributed by atoms with Gasteiger partial charge in [0.15, 0.2) is 11.5 Å². The Morgan fingerprint density at radius 1 is 0.852 bits per heavy atom. The molecule has 3 heterocycles. The summed E-state index contributed by atoms with van der Waals surface area (Å²) < 4.78 is 3.70. The van der Waals surface area contributed by atoms with Crippen LogP contribution in [-0.2, 0) is 13.1 Å². The third kappa shape index (κ3) is 4.51. The molecule has 0 radical (unpaired) electrons. The zero-order valence-electron chi connectivity index (χ0n) is 16.5. The van der Waals surface area contributed by atoms with Gasteiger partial charge < -0.3 is 4.57 Å². The first-order chi connectivity index (χ1) is 13.3. The highest BCUT2D eigenvalue weighted by Crippen LogP contribution is 2.23. The maximum absolute atomic E-state index is 12.3. The van der Waals surface area contributed by atoms with Crippen LogP contribution in [0, 0.1) is 0 Å². The standard InChI is InChI=1S/C20H30N6O/c1-3-5-7-8-9-11-12-25-15-23-16-17-19(22-14-21-18(16)25)26(20(27)24-17)13-10-6-4-2/h14-15H,3-13H2,1-2H3. The molecular formula is C20H30N6O. The molecule has 3 rings (SSSR count). The molecule has 0 N–H and O–H groups in total. The van der Waals surface area contributed by atoms with E-state index in [2.05, 4.69) is 38.4 Å². The molecular weight excluding hydrogens is 340 g/mol. The Morgan fingerprint density at radius 2 is 1.56 bits per heavy atom. The average Bonchev–Trinajstić information content (AvgIpc) is 3.14. The quantitative estimate of drug-likeness (QED) is 0.476. The Kier molecular flexibility index (Phi) is 6.90. The summed E-state index contributed by atoms with van der Waals surface area (Å²) in [5.41, 5.74) is 1.74. The topological polar surface area (TPSA) is 78.5 Å². The van der Waals surface area contributed by atoms with Gasteiger partial charge in [-0.2, -0.15) is 4.98 Å². The summed E-state index contributed by atoms with van der Waals surface area (Å²) in [6.45, 7) is 5.89. The predicted octanol–water partition coefficient (Wildman–Crippen LogP) is 4.04. The minimum atomic E-state index is -0.244. The van der Waals surface area contributed by atoms with Crippen molar-refractivity contribution < 1.29 is 0 Å². The zero-order valence-corrected chi connectivity index (χ0v) is 16.5. The Morgan fingerprint density at radius 3 is 2.37 bits per heavy atom. The van der Waals surface area contributed by atoms with Gasteiger partial charge in [-0.25, -0.2) is 19.7 Å². The van der Waals surface area contributed by atoms with Crippen LogP contribution in [0.2, 0.25) is 0 Å². The highest BCUT2D eigenvalue weighted by molar-refractivity contribution is 5.84. The number of imidazole rings is 2. The fourth-order valence-corrected chi connectivity index (χ4v) is 3.48. The van der Waals surface area contributed by atoms with E-state index in [0.717, 1.165) is 37.9 Å². The monoisotopic (exact) mass is 370 g/mol. The number of nitrogens with zero attached hydrogens (tertiary/aromatic N) is 6. The van der Waals surface area contributed by atoms with Crippen molar-refractivity contribution in [1.29, 1.82) is 0 Å². The first-order valence-corrected chi connectivity index (χ1v) is 10.3. The van der Waals surface area contributed by atoms with Crippen LogP contribution in [0.4, 0.5) is 0 Å². The molecule has 7 nitrogen and oxygen atoms in total. The van der Waals surface area contributed by atoms with Gasteiger partial charge in [-0.3, -0.25) is 4.57 Å². The van der Waals surface area contributed by atoms with E-state index in [1.807, 2.05) is 6.33 Å². The van der Waals surface area contributed by atoms with Crippen molar-refractivity contribution in [2.45, 2.75) is 84.7 Å². The van der Waals surface area contributed by atoms with Gasteiger partial charge in [0.05, 0.1) is 6.33 Å². The second-order valence-electron chi connectivity index (χ2n) is 7.18. The third-order valence-electron chi connectivity index (χ3n) is 5.04. The maximum Gasteiger partial charge on any atom is 0.350 e. The van der Waals surface area contributed by atoms with E-state index in [9.17, 15) is 4.79 Å². The van der Waals surface area contributed by atoms with Crippen molar-refractivity contribution in [2.75, 3.05) is 0 Å². The predicted molar refractivity (Wildman–Crippen MR) is 107 cm³/mol. The van der Waals surface area contributed by atoms with E-state index in [1.165, 1.54) is 38.4 Å². The lowest BCUT2D eigenvalue weighted by atomic mass is 10.1. The molecule has 0 aliphatic carbocycles. The summed E-state index contributed by atoms with van der Waals surface area (Å²) in [4.78, 5) is 30.0. The Bertz CT molecular complexity index is 884. The molecule has 0 amide bonds. The van der Waals surface area contributed by atoms with Crippen LogP contribution in [0.1, 0.15) is 71.6 Å². The molecule has 0 saturated heterocycles. The van der Waals surface area contributed by atoms with Crippen LogP contribution < -0.4 is 5.69 Å². The van der Waals surface area contributed by atoms with Gasteiger partial charge in [0.2, 0.25) is 0 Å². The first kappa shape index (κ1) is 19.5. The second kappa shape index (κ2) is 9.58. The van der Waals surface area contributed by atoms with E-state index in [0.29, 0.717) is 23.6 Å². The molecule has 0 bridgehead atoms. The Hall–Kier alpha value is -2.31. The lowest BCUT2D eigenvalue weighted by molar-refractivity contribution is 0.562. The fraction of sp³-hybridized carbons (Fsp3) is 0.650. The van der Waals surface area contributed by atoms with Gasteiger partial charge in [-0.05, 0) is 12.8 Å². The lowest BCUT2D eigenvalue weighted by Crippen LogP contribution is -2.17. The number of aromatic nitrogens is 6. The molecule has 0 atom stereocenters. The second-order valence-corrected chi connectivity index (χ2v) is 7.18. The Labute approximate surface area is 160 Å². The summed E-state index contributed by atoms with van der Waals surface area (Å²) in [7, 11) is 0. The lowest BCUT2D eigenvalue weighted by Gasteiger charge is -2.03. The minimum Gasteiger partial charge on any atom is -0.315 e. The molecule has 1 aromatic heterocycles. The van der Waals surface area contributed by atoms with E-state index in [1.54, 1.807) is 4.57 Å². The number of unbranched alkanes of at least 4 members (excludes halogenated alkanes) is 7. The molecule has 0 fully saturated rings. The fourth-order valence-electron chi connectivity index (χ4n) is 3.48. The molecule has 2 aliphatic rings. The number of fused-ring (bicyclic) bond motifs is 3. The van der Waals surface area contributed by atoms with Gasteiger partial charge in [-0.15, -0.1) is 0 Å². The maximum atomic E-state index is 12.3. The first-order valence-electron chi connectivity index (χ1n) is 10.3. The molecule has 0 saturated carbocycles. The van der Waals surface area contributed by atoms with Gasteiger partial charge in [0, 0.05) is 13.1 Å². The van der Waals surface area contributed by atoms with Gasteiger partial charge in [-0.1, -0.05) is 58.8 Å². The largest absolute Gasteiger partial charge is 0.350 e. The molecule has 7 heteroatoms. The van der Waals surface area contributed by atoms with Crippen LogP contribution in [0.15, 0.2) is 17.4 Å². The minimum absolute atomic E-state index is 0.244. The average molecular weight is 371 g/mol. The molecule has 0 unspecified atom stereocenters. The summed E-state index contributed by atoms with van der Waals surface area (Å²) in [6.07, 6.45) is 13.9. The number of rotatable bonds is 11. The third-order valence-corrected chi connectivity index (χ3v) is 5.04. The van der Waals surface area contributed by atoms with Crippen molar-refractivity contribution in [3.8, 4) is 11.5 Å². The van der Waals surface area contributed by atoms with E-state index in [4.69, 9.17) is 0 Å². The summed E-state index contributed by atoms with van der Waals surface area (Å²) in [5, 5.41) is 0. The van der Waals surface area contributed by atoms with Crippen LogP contribution in [0.25, 0.3) is 22.7 Å². The number of hydrogen-bond donors (Lipinski definition) is 0. The van der Waals surface area contributed by atoms with E-state index < -0.39 is 0 Å². The summed E-state index contributed by atoms with van der Waals surface area (Å²) in [5.74, 6) is 0.586. The number of hydrogen-bond acceptors (Lipinski definition) is 5. The van der Waals surface area contributed by atoms with E-state index in [-0.39, 0.29) is 5.69 Å². The van der Waals surface area contributed by atoms with Gasteiger partial charge in [0.25, 0.3) is 0 Å². The highest BCUT2D eigenvalue weighted by Gasteiger charge is 2.20. The molecule has 2 aliphatic heterocycles.